The van der Waals surface area contributed by atoms with Gasteiger partial charge < -0.3 is 4.74 Å². The highest BCUT2D eigenvalue weighted by Gasteiger charge is 2.20. The summed E-state index contributed by atoms with van der Waals surface area (Å²) < 4.78 is 20.2. The molecule has 0 aliphatic carbocycles. The average molecular weight is 459 g/mol. The van der Waals surface area contributed by atoms with E-state index in [-0.39, 0.29) is 10.6 Å². The van der Waals surface area contributed by atoms with E-state index in [2.05, 4.69) is 47.8 Å². The zero-order valence-electron chi connectivity index (χ0n) is 9.22. The largest absolute Gasteiger partial charge is 0.496 e. The van der Waals surface area contributed by atoms with Crippen molar-refractivity contribution in [1.29, 1.82) is 0 Å². The smallest absolute Gasteiger partial charge is 0.141 e. The van der Waals surface area contributed by atoms with Crippen molar-refractivity contribution < 1.29 is 9.13 Å². The second-order valence-electron chi connectivity index (χ2n) is 3.50. The van der Waals surface area contributed by atoms with Crippen LogP contribution in [0.25, 0.3) is 0 Å². The van der Waals surface area contributed by atoms with Crippen LogP contribution in [0.1, 0.15) is 15.3 Å². The van der Waals surface area contributed by atoms with Crippen molar-refractivity contribution in [2.45, 2.75) is 4.83 Å². The Kier molecular flexibility index (Phi) is 4.86. The van der Waals surface area contributed by atoms with Crippen LogP contribution in [0.2, 0.25) is 0 Å². The summed E-state index contributed by atoms with van der Waals surface area (Å²) in [4.78, 5) is 1.07. The van der Waals surface area contributed by atoms with Gasteiger partial charge in [-0.1, -0.05) is 15.9 Å². The summed E-state index contributed by atoms with van der Waals surface area (Å²) in [6.45, 7) is 0. The summed E-state index contributed by atoms with van der Waals surface area (Å²) in [5, 5.41) is 2.00. The molecule has 0 amide bonds. The maximum Gasteiger partial charge on any atom is 0.141 e. The highest BCUT2D eigenvalue weighted by Crippen LogP contribution is 2.43. The van der Waals surface area contributed by atoms with Gasteiger partial charge in [0.25, 0.3) is 0 Å². The lowest BCUT2D eigenvalue weighted by atomic mass is 10.1. The summed E-state index contributed by atoms with van der Waals surface area (Å²) in [6, 6.07) is 5.11. The number of halogens is 4. The lowest BCUT2D eigenvalue weighted by molar-refractivity contribution is 0.406. The molecule has 96 valence electrons. The van der Waals surface area contributed by atoms with Crippen molar-refractivity contribution >= 4 is 59.1 Å². The molecule has 1 nitrogen and oxygen atoms in total. The average Bonchev–Trinajstić information content (AvgIpc) is 2.77. The number of hydrogen-bond acceptors (Lipinski definition) is 2. The van der Waals surface area contributed by atoms with Crippen LogP contribution in [0, 0.1) is 5.82 Å². The van der Waals surface area contributed by atoms with Crippen LogP contribution in [0.15, 0.2) is 32.5 Å². The number of methoxy groups -OCH3 is 1. The lowest BCUT2D eigenvalue weighted by Gasteiger charge is -2.14. The van der Waals surface area contributed by atoms with Crippen molar-refractivity contribution in [3.05, 3.63) is 48.8 Å². The van der Waals surface area contributed by atoms with Gasteiger partial charge in [-0.25, -0.2) is 4.39 Å². The lowest BCUT2D eigenvalue weighted by Crippen LogP contribution is -1.97. The van der Waals surface area contributed by atoms with Gasteiger partial charge in [0.15, 0.2) is 0 Å². The van der Waals surface area contributed by atoms with E-state index >= 15 is 0 Å². The van der Waals surface area contributed by atoms with E-state index in [9.17, 15) is 4.39 Å². The van der Waals surface area contributed by atoms with Gasteiger partial charge in [0.2, 0.25) is 0 Å². The first-order chi connectivity index (χ1) is 8.54. The molecule has 0 aliphatic rings. The Labute approximate surface area is 134 Å². The summed E-state index contributed by atoms with van der Waals surface area (Å²) in [5.41, 5.74) is 0.883. The maximum atomic E-state index is 13.5. The summed E-state index contributed by atoms with van der Waals surface area (Å²) >= 11 is 12.0. The molecule has 0 fully saturated rings. The fourth-order valence-corrected chi connectivity index (χ4v) is 4.74. The van der Waals surface area contributed by atoms with E-state index in [0.717, 1.165) is 14.9 Å². The SMILES string of the molecule is COc1cc(F)c(Br)cc1C(Br)c1sccc1Br. The standard InChI is InChI=1S/C12H8Br3FOS/c1-17-10-5-9(16)8(14)4-6(10)11(15)12-7(13)2-3-18-12/h2-5,11H,1H3. The second-order valence-corrected chi connectivity index (χ2v) is 7.08. The number of ether oxygens (including phenoxy) is 1. The molecule has 1 unspecified atom stereocenters. The quantitative estimate of drug-likeness (QED) is 0.520. The van der Waals surface area contributed by atoms with Crippen molar-refractivity contribution in [1.82, 2.24) is 0 Å². The molecule has 2 aromatic rings. The minimum Gasteiger partial charge on any atom is -0.496 e. The Hall–Kier alpha value is 0.0900. The first kappa shape index (κ1) is 14.5. The Balaban J connectivity index is 2.50. The van der Waals surface area contributed by atoms with E-state index in [4.69, 9.17) is 4.74 Å². The minimum atomic E-state index is -0.333. The van der Waals surface area contributed by atoms with Crippen LogP contribution in [0.4, 0.5) is 4.39 Å². The summed E-state index contributed by atoms with van der Waals surface area (Å²) in [6.07, 6.45) is 0. The minimum absolute atomic E-state index is 0.0428. The van der Waals surface area contributed by atoms with Crippen LogP contribution in [-0.2, 0) is 0 Å². The summed E-state index contributed by atoms with van der Waals surface area (Å²) in [7, 11) is 1.54. The highest BCUT2D eigenvalue weighted by atomic mass is 79.9. The molecule has 1 aromatic heterocycles. The molecule has 2 rings (SSSR count). The molecule has 0 spiro atoms. The molecule has 0 radical (unpaired) electrons. The van der Waals surface area contributed by atoms with Gasteiger partial charge in [0, 0.05) is 21.0 Å². The highest BCUT2D eigenvalue weighted by molar-refractivity contribution is 9.11. The zero-order valence-corrected chi connectivity index (χ0v) is 14.8. The van der Waals surface area contributed by atoms with Crippen LogP contribution in [0.3, 0.4) is 0 Å². The van der Waals surface area contributed by atoms with Gasteiger partial charge >= 0.3 is 0 Å². The number of alkyl halides is 1. The Morgan fingerprint density at radius 1 is 1.28 bits per heavy atom. The van der Waals surface area contributed by atoms with Gasteiger partial charge in [-0.2, -0.15) is 0 Å². The van der Waals surface area contributed by atoms with Gasteiger partial charge in [-0.05, 0) is 49.4 Å². The van der Waals surface area contributed by atoms with Crippen molar-refractivity contribution in [3.8, 4) is 5.75 Å². The predicted octanol–water partition coefficient (Wildman–Crippen LogP) is 5.91. The molecule has 6 heteroatoms. The third kappa shape index (κ3) is 2.81. The summed E-state index contributed by atoms with van der Waals surface area (Å²) in [5.74, 6) is 0.193. The van der Waals surface area contributed by atoms with Crippen LogP contribution < -0.4 is 4.74 Å². The Morgan fingerprint density at radius 3 is 2.56 bits per heavy atom. The molecule has 0 saturated carbocycles. The molecular weight excluding hydrogens is 451 g/mol. The monoisotopic (exact) mass is 456 g/mol. The topological polar surface area (TPSA) is 9.23 Å². The van der Waals surface area contributed by atoms with Gasteiger partial charge in [0.1, 0.15) is 11.6 Å². The fraction of sp³-hybridized carbons (Fsp3) is 0.167. The van der Waals surface area contributed by atoms with E-state index in [1.54, 1.807) is 17.4 Å². The Morgan fingerprint density at radius 2 is 2.00 bits per heavy atom. The van der Waals surface area contributed by atoms with Crippen molar-refractivity contribution in [3.63, 3.8) is 0 Å². The number of benzene rings is 1. The molecule has 1 heterocycles. The first-order valence-electron chi connectivity index (χ1n) is 4.94. The van der Waals surface area contributed by atoms with Crippen LogP contribution >= 0.6 is 59.1 Å². The third-order valence-electron chi connectivity index (χ3n) is 2.42. The second kappa shape index (κ2) is 6.03. The molecule has 0 aliphatic heterocycles. The molecule has 0 bridgehead atoms. The van der Waals surface area contributed by atoms with Crippen molar-refractivity contribution in [2.75, 3.05) is 7.11 Å². The van der Waals surface area contributed by atoms with E-state index < -0.39 is 0 Å². The third-order valence-corrected chi connectivity index (χ3v) is 6.22. The first-order valence-corrected chi connectivity index (χ1v) is 8.32. The van der Waals surface area contributed by atoms with Crippen molar-refractivity contribution in [2.24, 2.45) is 0 Å². The zero-order chi connectivity index (χ0) is 13.3. The number of thiophene rings is 1. The van der Waals surface area contributed by atoms with Gasteiger partial charge in [-0.3, -0.25) is 0 Å². The normalized spacial score (nSPS) is 12.5. The molecule has 1 atom stereocenters. The Bertz CT molecular complexity index is 570. The van der Waals surface area contributed by atoms with E-state index in [1.165, 1.54) is 13.2 Å². The number of rotatable bonds is 3. The molecule has 0 N–H and O–H groups in total. The fourth-order valence-electron chi connectivity index (χ4n) is 1.55. The maximum absolute atomic E-state index is 13.5. The molecule has 0 saturated heterocycles. The molecule has 1 aromatic carbocycles. The van der Waals surface area contributed by atoms with Crippen LogP contribution in [0.5, 0.6) is 5.75 Å². The molecule has 18 heavy (non-hydrogen) atoms. The van der Waals surface area contributed by atoms with E-state index in [1.807, 2.05) is 11.4 Å². The number of hydrogen-bond donors (Lipinski definition) is 0. The molecular formula is C12H8Br3FOS. The van der Waals surface area contributed by atoms with Gasteiger partial charge in [-0.15, -0.1) is 11.3 Å². The van der Waals surface area contributed by atoms with Gasteiger partial charge in [0.05, 0.1) is 16.4 Å². The predicted molar refractivity (Wildman–Crippen MR) is 83.4 cm³/mol. The van der Waals surface area contributed by atoms with E-state index in [0.29, 0.717) is 10.2 Å². The van der Waals surface area contributed by atoms with Crippen LogP contribution in [-0.4, -0.2) is 7.11 Å².